The van der Waals surface area contributed by atoms with Crippen molar-refractivity contribution >= 4 is 34.1 Å². The van der Waals surface area contributed by atoms with Crippen LogP contribution < -0.4 is 15.0 Å². The Morgan fingerprint density at radius 1 is 1.09 bits per heavy atom. The molecule has 5 rings (SSSR count). The van der Waals surface area contributed by atoms with E-state index in [2.05, 4.69) is 10.1 Å². The van der Waals surface area contributed by atoms with Crippen LogP contribution in [0.1, 0.15) is 12.5 Å². The van der Waals surface area contributed by atoms with E-state index >= 15 is 0 Å². The van der Waals surface area contributed by atoms with Crippen LogP contribution in [0, 0.1) is 0 Å². The Bertz CT molecular complexity index is 1430. The fraction of sp³-hybridized carbons (Fsp3) is 0.292. The maximum atomic E-state index is 14.0. The van der Waals surface area contributed by atoms with Gasteiger partial charge in [0.25, 0.3) is 5.56 Å². The predicted molar refractivity (Wildman–Crippen MR) is 131 cm³/mol. The van der Waals surface area contributed by atoms with Crippen LogP contribution in [-0.4, -0.2) is 46.8 Å². The number of ether oxygens (including phenoxy) is 3. The molecule has 0 amide bonds. The minimum absolute atomic E-state index is 0.135. The van der Waals surface area contributed by atoms with Crippen LogP contribution >= 0.6 is 23.2 Å². The topological polar surface area (TPSA) is 80.4 Å². The number of aromatic nitrogens is 4. The molecule has 0 bridgehead atoms. The molecule has 1 fully saturated rings. The number of pyridine rings is 2. The molecule has 8 nitrogen and oxygen atoms in total. The molecule has 4 heterocycles. The summed E-state index contributed by atoms with van der Waals surface area (Å²) in [6.07, 6.45) is 6.08. The van der Waals surface area contributed by atoms with Gasteiger partial charge in [-0.15, -0.1) is 0 Å². The van der Waals surface area contributed by atoms with Crippen molar-refractivity contribution in [2.45, 2.75) is 12.5 Å². The highest BCUT2D eigenvalue weighted by atomic mass is 35.5. The highest BCUT2D eigenvalue weighted by Crippen LogP contribution is 2.45. The summed E-state index contributed by atoms with van der Waals surface area (Å²) in [4.78, 5) is 18.6. The molecule has 1 atom stereocenters. The van der Waals surface area contributed by atoms with E-state index in [9.17, 15) is 4.79 Å². The van der Waals surface area contributed by atoms with E-state index in [4.69, 9.17) is 37.4 Å². The number of rotatable bonds is 5. The lowest BCUT2D eigenvalue weighted by Crippen LogP contribution is -2.27. The van der Waals surface area contributed by atoms with Gasteiger partial charge in [-0.2, -0.15) is 5.10 Å². The summed E-state index contributed by atoms with van der Waals surface area (Å²) in [6, 6.07) is 5.13. The quantitative estimate of drug-likeness (QED) is 0.393. The van der Waals surface area contributed by atoms with E-state index in [-0.39, 0.29) is 21.6 Å². The SMILES string of the molecule is COc1cc(OC)c(Cl)c(-c2cc3cnc(-c4cnn(C)c4)cc3n([C@@H]3CCOC3)c2=O)c1Cl. The molecule has 1 aliphatic rings. The van der Waals surface area contributed by atoms with E-state index in [0.717, 1.165) is 22.2 Å². The summed E-state index contributed by atoms with van der Waals surface area (Å²) in [6.45, 7) is 1.02. The second-order valence-corrected chi connectivity index (χ2v) is 8.82. The Labute approximate surface area is 205 Å². The number of hydrogen-bond acceptors (Lipinski definition) is 6. The molecule has 1 saturated heterocycles. The lowest BCUT2D eigenvalue weighted by atomic mass is 10.0. The molecular weight excluding hydrogens is 479 g/mol. The zero-order valence-electron chi connectivity index (χ0n) is 18.8. The van der Waals surface area contributed by atoms with Crippen molar-refractivity contribution in [3.05, 3.63) is 57.2 Å². The Balaban J connectivity index is 1.82. The highest BCUT2D eigenvalue weighted by Gasteiger charge is 2.27. The number of hydrogen-bond donors (Lipinski definition) is 0. The molecule has 4 aromatic rings. The van der Waals surface area contributed by atoms with Gasteiger partial charge < -0.3 is 18.8 Å². The summed E-state index contributed by atoms with van der Waals surface area (Å²) >= 11 is 13.3. The highest BCUT2D eigenvalue weighted by molar-refractivity contribution is 6.41. The number of benzene rings is 1. The van der Waals surface area contributed by atoms with Gasteiger partial charge in [-0.3, -0.25) is 14.5 Å². The van der Waals surface area contributed by atoms with Gasteiger partial charge in [-0.1, -0.05) is 23.2 Å². The molecular formula is C24H22Cl2N4O4. The second kappa shape index (κ2) is 8.94. The average Bonchev–Trinajstić information content (AvgIpc) is 3.51. The Kier molecular flexibility index (Phi) is 5.97. The smallest absolute Gasteiger partial charge is 0.259 e. The van der Waals surface area contributed by atoms with Gasteiger partial charge in [0, 0.05) is 48.6 Å². The van der Waals surface area contributed by atoms with Crippen LogP contribution in [0.25, 0.3) is 33.3 Å². The molecule has 0 unspecified atom stereocenters. The van der Waals surface area contributed by atoms with Crippen LogP contribution in [0.2, 0.25) is 10.0 Å². The number of fused-ring (bicyclic) bond motifs is 1. The van der Waals surface area contributed by atoms with Gasteiger partial charge in [-0.25, -0.2) is 0 Å². The Morgan fingerprint density at radius 3 is 2.41 bits per heavy atom. The molecule has 0 spiro atoms. The maximum Gasteiger partial charge on any atom is 0.259 e. The third kappa shape index (κ3) is 3.72. The maximum absolute atomic E-state index is 14.0. The van der Waals surface area contributed by atoms with E-state index in [0.29, 0.717) is 42.3 Å². The number of nitrogens with zero attached hydrogens (tertiary/aromatic N) is 4. The van der Waals surface area contributed by atoms with E-state index < -0.39 is 0 Å². The lowest BCUT2D eigenvalue weighted by Gasteiger charge is -2.20. The molecule has 0 aliphatic carbocycles. The minimum atomic E-state index is -0.231. The van der Waals surface area contributed by atoms with Crippen LogP contribution in [-0.2, 0) is 11.8 Å². The van der Waals surface area contributed by atoms with E-state index in [1.54, 1.807) is 33.8 Å². The van der Waals surface area contributed by atoms with Crippen molar-refractivity contribution in [2.75, 3.05) is 27.4 Å². The number of aryl methyl sites for hydroxylation is 1. The molecule has 10 heteroatoms. The van der Waals surface area contributed by atoms with Crippen molar-refractivity contribution in [2.24, 2.45) is 7.05 Å². The monoisotopic (exact) mass is 500 g/mol. The van der Waals surface area contributed by atoms with Crippen molar-refractivity contribution < 1.29 is 14.2 Å². The zero-order chi connectivity index (χ0) is 24.0. The van der Waals surface area contributed by atoms with Gasteiger partial charge in [0.1, 0.15) is 11.5 Å². The minimum Gasteiger partial charge on any atom is -0.495 e. The molecule has 1 aliphatic heterocycles. The lowest BCUT2D eigenvalue weighted by molar-refractivity contribution is 0.186. The third-order valence-electron chi connectivity index (χ3n) is 6.03. The first-order valence-corrected chi connectivity index (χ1v) is 11.4. The summed E-state index contributed by atoms with van der Waals surface area (Å²) in [5.41, 5.74) is 2.79. The van der Waals surface area contributed by atoms with Crippen molar-refractivity contribution in [3.63, 3.8) is 0 Å². The molecule has 34 heavy (non-hydrogen) atoms. The van der Waals surface area contributed by atoms with Crippen LogP contribution in [0.5, 0.6) is 11.5 Å². The standard InChI is InChI=1S/C24H22Cl2N4O4/c1-29-11-14(10-28-29)17-7-18-13(9-27-17)6-16(24(31)30(18)15-4-5-34-12-15)21-22(25)19(32-2)8-20(33-3)23(21)26/h6-11,15H,4-5,12H2,1-3H3/t15-/m1/s1. The largest absolute Gasteiger partial charge is 0.495 e. The summed E-state index contributed by atoms with van der Waals surface area (Å²) in [7, 11) is 4.84. The first-order chi connectivity index (χ1) is 16.4. The molecule has 0 N–H and O–H groups in total. The fourth-order valence-electron chi connectivity index (χ4n) is 4.33. The van der Waals surface area contributed by atoms with Crippen LogP contribution in [0.3, 0.4) is 0 Å². The second-order valence-electron chi connectivity index (χ2n) is 8.07. The van der Waals surface area contributed by atoms with Crippen molar-refractivity contribution in [1.82, 2.24) is 19.3 Å². The van der Waals surface area contributed by atoms with Crippen LogP contribution in [0.4, 0.5) is 0 Å². The molecule has 0 radical (unpaired) electrons. The fourth-order valence-corrected chi connectivity index (χ4v) is 5.04. The first-order valence-electron chi connectivity index (χ1n) is 10.6. The summed E-state index contributed by atoms with van der Waals surface area (Å²) < 4.78 is 19.9. The summed E-state index contributed by atoms with van der Waals surface area (Å²) in [5, 5.41) is 5.47. The van der Waals surface area contributed by atoms with Crippen molar-refractivity contribution in [1.29, 1.82) is 0 Å². The Morgan fingerprint density at radius 2 is 1.82 bits per heavy atom. The molecule has 3 aromatic heterocycles. The molecule has 0 saturated carbocycles. The molecule has 176 valence electrons. The van der Waals surface area contributed by atoms with Gasteiger partial charge in [-0.05, 0) is 18.6 Å². The van der Waals surface area contributed by atoms with Crippen molar-refractivity contribution in [3.8, 4) is 33.9 Å². The normalized spacial score (nSPS) is 15.7. The van der Waals surface area contributed by atoms with E-state index in [1.165, 1.54) is 14.2 Å². The van der Waals surface area contributed by atoms with Crippen LogP contribution in [0.15, 0.2) is 41.6 Å². The Hall–Kier alpha value is -3.07. The summed E-state index contributed by atoms with van der Waals surface area (Å²) in [5.74, 6) is 0.719. The third-order valence-corrected chi connectivity index (χ3v) is 6.79. The molecule has 1 aromatic carbocycles. The number of methoxy groups -OCH3 is 2. The first kappa shape index (κ1) is 22.7. The van der Waals surface area contributed by atoms with E-state index in [1.807, 2.05) is 19.3 Å². The van der Waals surface area contributed by atoms with Gasteiger partial charge in [0.2, 0.25) is 0 Å². The number of halogens is 2. The predicted octanol–water partition coefficient (Wildman–Crippen LogP) is 4.75. The van der Waals surface area contributed by atoms with Gasteiger partial charge in [0.05, 0.1) is 59.9 Å². The van der Waals surface area contributed by atoms with Gasteiger partial charge in [0.15, 0.2) is 0 Å². The average molecular weight is 501 g/mol. The van der Waals surface area contributed by atoms with Gasteiger partial charge >= 0.3 is 0 Å². The zero-order valence-corrected chi connectivity index (χ0v) is 20.4.